The van der Waals surface area contributed by atoms with Gasteiger partial charge in [-0.25, -0.2) is 0 Å². The van der Waals surface area contributed by atoms with Gasteiger partial charge in [-0.05, 0) is 130 Å². The molecule has 284 valence electrons. The maximum absolute atomic E-state index is 2.85. The number of para-hydroxylation sites is 2. The summed E-state index contributed by atoms with van der Waals surface area (Å²) in [5, 5.41) is 2.53. The molecule has 12 rings (SSSR count). The Morgan fingerprint density at radius 3 is 2.17 bits per heavy atom. The summed E-state index contributed by atoms with van der Waals surface area (Å²) in [6.07, 6.45) is 5.02. The predicted octanol–water partition coefficient (Wildman–Crippen LogP) is 12.4. The topological polar surface area (TPSA) is 6.48 Å². The maximum atomic E-state index is 2.85. The van der Waals surface area contributed by atoms with Gasteiger partial charge < -0.3 is 9.80 Å². The van der Waals surface area contributed by atoms with Crippen LogP contribution in [0.25, 0.3) is 21.9 Å². The van der Waals surface area contributed by atoms with Gasteiger partial charge in [-0.2, -0.15) is 0 Å². The molecule has 0 bridgehead atoms. The van der Waals surface area contributed by atoms with Crippen LogP contribution in [0.4, 0.5) is 28.4 Å². The number of hydrogen-bond acceptors (Lipinski definition) is 2. The van der Waals surface area contributed by atoms with Crippen LogP contribution in [0.15, 0.2) is 176 Å². The lowest BCUT2D eigenvalue weighted by molar-refractivity contribution is 0.195. The van der Waals surface area contributed by atoms with Crippen molar-refractivity contribution in [3.63, 3.8) is 0 Å². The zero-order valence-corrected chi connectivity index (χ0v) is 34.1. The van der Waals surface area contributed by atoms with E-state index in [9.17, 15) is 0 Å². The van der Waals surface area contributed by atoms with Crippen LogP contribution in [0.2, 0.25) is 0 Å². The third-order valence-electron chi connectivity index (χ3n) is 14.9. The summed E-state index contributed by atoms with van der Waals surface area (Å²) in [5.41, 5.74) is 20.5. The minimum atomic E-state index is 0.0271. The number of nitrogens with zero attached hydrogens (tertiary/aromatic N) is 2. The number of hydrogen-bond donors (Lipinski definition) is 0. The van der Waals surface area contributed by atoms with E-state index in [0.29, 0.717) is 0 Å². The molecule has 0 N–H and O–H groups in total. The molecule has 3 aliphatic heterocycles. The van der Waals surface area contributed by atoms with Crippen molar-refractivity contribution in [2.24, 2.45) is 0 Å². The Morgan fingerprint density at radius 2 is 1.31 bits per heavy atom. The lowest BCUT2D eigenvalue weighted by atomic mass is 9.31. The van der Waals surface area contributed by atoms with E-state index in [0.717, 1.165) is 11.4 Å². The first-order valence-corrected chi connectivity index (χ1v) is 21.6. The molecular formula is C56H47BN2. The Labute approximate surface area is 348 Å². The molecule has 0 saturated heterocycles. The Kier molecular flexibility index (Phi) is 7.55. The molecule has 8 aromatic carbocycles. The summed E-state index contributed by atoms with van der Waals surface area (Å²) in [6, 6.07) is 66.5. The summed E-state index contributed by atoms with van der Waals surface area (Å²) in [5.74, 6) is 0.0913. The largest absolute Gasteiger partial charge is 0.335 e. The van der Waals surface area contributed by atoms with Gasteiger partial charge >= 0.3 is 0 Å². The Morgan fingerprint density at radius 1 is 0.593 bits per heavy atom. The smallest absolute Gasteiger partial charge is 0.247 e. The predicted molar refractivity (Wildman–Crippen MR) is 250 cm³/mol. The first-order chi connectivity index (χ1) is 28.9. The fourth-order valence-electron chi connectivity index (χ4n) is 12.1. The van der Waals surface area contributed by atoms with Gasteiger partial charge in [-0.3, -0.25) is 0 Å². The molecule has 4 aliphatic rings. The highest BCUT2D eigenvalue weighted by atomic mass is 15.3. The molecule has 3 heteroatoms. The van der Waals surface area contributed by atoms with Crippen molar-refractivity contribution < 1.29 is 0 Å². The quantitative estimate of drug-likeness (QED) is 0.161. The molecule has 2 nitrogen and oxygen atoms in total. The van der Waals surface area contributed by atoms with E-state index in [2.05, 4.69) is 206 Å². The lowest BCUT2D eigenvalue weighted by Gasteiger charge is -2.52. The minimum absolute atomic E-state index is 0.0271. The van der Waals surface area contributed by atoms with Gasteiger partial charge in [-0.1, -0.05) is 159 Å². The Bertz CT molecular complexity index is 2970. The van der Waals surface area contributed by atoms with Crippen molar-refractivity contribution in [1.82, 2.24) is 0 Å². The first kappa shape index (κ1) is 34.7. The van der Waals surface area contributed by atoms with Crippen molar-refractivity contribution in [3.8, 4) is 11.1 Å². The fourth-order valence-corrected chi connectivity index (χ4v) is 12.1. The van der Waals surface area contributed by atoms with Crippen LogP contribution >= 0.6 is 0 Å². The first-order valence-electron chi connectivity index (χ1n) is 21.6. The molecule has 0 amide bonds. The Hall–Kier alpha value is -6.32. The number of fused-ring (bicyclic) bond motifs is 8. The van der Waals surface area contributed by atoms with E-state index in [1.54, 1.807) is 5.56 Å². The van der Waals surface area contributed by atoms with E-state index < -0.39 is 0 Å². The van der Waals surface area contributed by atoms with Crippen molar-refractivity contribution in [3.05, 3.63) is 204 Å². The molecule has 1 fully saturated rings. The highest BCUT2D eigenvalue weighted by molar-refractivity contribution is 6.99. The fraction of sp³-hybridized carbons (Fsp3) is 0.179. The van der Waals surface area contributed by atoms with Crippen molar-refractivity contribution >= 4 is 62.3 Å². The average molecular weight is 759 g/mol. The molecule has 0 radical (unpaired) electrons. The van der Waals surface area contributed by atoms with E-state index in [1.165, 1.54) is 103 Å². The van der Waals surface area contributed by atoms with Gasteiger partial charge in [0, 0.05) is 39.8 Å². The number of benzene rings is 8. The normalized spacial score (nSPS) is 20.8. The second-order valence-electron chi connectivity index (χ2n) is 18.0. The Balaban J connectivity index is 1.10. The number of anilines is 5. The zero-order chi connectivity index (χ0) is 39.5. The van der Waals surface area contributed by atoms with Crippen LogP contribution in [0.5, 0.6) is 0 Å². The van der Waals surface area contributed by atoms with E-state index >= 15 is 0 Å². The molecule has 0 spiro atoms. The van der Waals surface area contributed by atoms with Crippen LogP contribution in [0.3, 0.4) is 0 Å². The lowest BCUT2D eigenvalue weighted by Crippen LogP contribution is -2.65. The molecular weight excluding hydrogens is 711 g/mol. The van der Waals surface area contributed by atoms with Crippen molar-refractivity contribution in [1.29, 1.82) is 0 Å². The van der Waals surface area contributed by atoms with Crippen molar-refractivity contribution in [2.75, 3.05) is 9.80 Å². The molecule has 3 unspecified atom stereocenters. The van der Waals surface area contributed by atoms with Crippen LogP contribution in [0, 0.1) is 6.92 Å². The van der Waals surface area contributed by atoms with Crippen LogP contribution in [-0.4, -0.2) is 12.3 Å². The van der Waals surface area contributed by atoms with Crippen molar-refractivity contribution in [2.45, 2.75) is 63.3 Å². The van der Waals surface area contributed by atoms with Gasteiger partial charge in [0.1, 0.15) is 0 Å². The average Bonchev–Trinajstić information content (AvgIpc) is 3.49. The monoisotopic (exact) mass is 758 g/mol. The molecule has 0 aromatic heterocycles. The van der Waals surface area contributed by atoms with E-state index in [-0.39, 0.29) is 23.6 Å². The molecule has 1 saturated carbocycles. The molecule has 1 aliphatic carbocycles. The SMILES string of the molecule is Cc1cc2c3c(c1)N1c4c(cccc4C4(C)CCCCC14C)B3c1ccc(N(c3ccccc3)c3cccc(-c4cccc5ccccc45)c3)cc1C2c1ccccc1. The third kappa shape index (κ3) is 4.88. The summed E-state index contributed by atoms with van der Waals surface area (Å²) in [7, 11) is 0. The van der Waals surface area contributed by atoms with Gasteiger partial charge in [0.2, 0.25) is 6.71 Å². The minimum Gasteiger partial charge on any atom is -0.335 e. The summed E-state index contributed by atoms with van der Waals surface area (Å²) < 4.78 is 0. The second-order valence-corrected chi connectivity index (χ2v) is 18.0. The van der Waals surface area contributed by atoms with Crippen LogP contribution in [0.1, 0.15) is 73.3 Å². The maximum Gasteiger partial charge on any atom is 0.247 e. The van der Waals surface area contributed by atoms with Gasteiger partial charge in [0.05, 0.1) is 5.54 Å². The van der Waals surface area contributed by atoms with Crippen LogP contribution < -0.4 is 26.2 Å². The van der Waals surface area contributed by atoms with Gasteiger partial charge in [0.15, 0.2) is 0 Å². The van der Waals surface area contributed by atoms with Gasteiger partial charge in [-0.15, -0.1) is 0 Å². The van der Waals surface area contributed by atoms with E-state index in [4.69, 9.17) is 0 Å². The highest BCUT2D eigenvalue weighted by Gasteiger charge is 2.61. The summed E-state index contributed by atoms with van der Waals surface area (Å²) >= 11 is 0. The summed E-state index contributed by atoms with van der Waals surface area (Å²) in [6.45, 7) is 7.63. The molecule has 3 atom stereocenters. The summed E-state index contributed by atoms with van der Waals surface area (Å²) in [4.78, 5) is 5.31. The highest BCUT2D eigenvalue weighted by Crippen LogP contribution is 2.61. The van der Waals surface area contributed by atoms with Gasteiger partial charge in [0.25, 0.3) is 0 Å². The second kappa shape index (κ2) is 12.8. The molecule has 3 heterocycles. The standard InChI is InChI=1S/C56H47BN2/c1-37-33-47-52(39-18-6-4-7-19-39)46-36-43(58(41-22-8-5-9-23-41)42-24-14-21-40(35-42)45-26-15-20-38-17-10-11-25-44(38)45)29-30-49(46)57-50-28-16-27-48-54(50)59(51(34-37)53(47)57)56(3)32-13-12-31-55(48,56)2/h4-11,14-30,33-36,52H,12-13,31-32H2,1-3H3. The number of aryl methyl sites for hydroxylation is 1. The molecule has 8 aromatic rings. The zero-order valence-electron chi connectivity index (χ0n) is 34.1. The number of rotatable bonds is 5. The molecule has 59 heavy (non-hydrogen) atoms. The third-order valence-corrected chi connectivity index (χ3v) is 14.9. The van der Waals surface area contributed by atoms with Crippen LogP contribution in [-0.2, 0) is 5.41 Å². The van der Waals surface area contributed by atoms with E-state index in [1.807, 2.05) is 0 Å².